The van der Waals surface area contributed by atoms with Crippen LogP contribution in [0.2, 0.25) is 0 Å². The highest BCUT2D eigenvalue weighted by Crippen LogP contribution is 2.24. The van der Waals surface area contributed by atoms with Crippen molar-refractivity contribution in [3.05, 3.63) is 16.7 Å². The van der Waals surface area contributed by atoms with Gasteiger partial charge in [0.25, 0.3) is 0 Å². The Morgan fingerprint density at radius 2 is 2.29 bits per heavy atom. The minimum atomic E-state index is 0.225. The molecule has 0 spiro atoms. The van der Waals surface area contributed by atoms with Gasteiger partial charge in [-0.2, -0.15) is 9.61 Å². The molecule has 90 valence electrons. The summed E-state index contributed by atoms with van der Waals surface area (Å²) in [5.74, 6) is 1.44. The molecule has 1 aliphatic rings. The second kappa shape index (κ2) is 3.85. The van der Waals surface area contributed by atoms with E-state index in [0.717, 1.165) is 35.4 Å². The van der Waals surface area contributed by atoms with Crippen molar-refractivity contribution in [2.75, 3.05) is 23.7 Å². The smallest absolute Gasteiger partial charge is 0.173 e. The zero-order chi connectivity index (χ0) is 12.0. The van der Waals surface area contributed by atoms with Crippen LogP contribution >= 0.6 is 15.9 Å². The van der Waals surface area contributed by atoms with Crippen LogP contribution in [0.3, 0.4) is 0 Å². The van der Waals surface area contributed by atoms with E-state index in [2.05, 4.69) is 30.9 Å². The number of nitrogen functional groups attached to an aromatic ring is 1. The number of aromatic nitrogens is 3. The van der Waals surface area contributed by atoms with Crippen molar-refractivity contribution in [2.24, 2.45) is 5.73 Å². The fourth-order valence-electron chi connectivity index (χ4n) is 2.10. The van der Waals surface area contributed by atoms with Gasteiger partial charge in [0.05, 0.1) is 10.7 Å². The highest BCUT2D eigenvalue weighted by Gasteiger charge is 2.21. The van der Waals surface area contributed by atoms with Crippen LogP contribution < -0.4 is 16.4 Å². The highest BCUT2D eigenvalue weighted by atomic mass is 79.9. The molecule has 0 aromatic carbocycles. The third kappa shape index (κ3) is 1.75. The largest absolute Gasteiger partial charge is 0.383 e. The summed E-state index contributed by atoms with van der Waals surface area (Å²) >= 11 is 3.41. The zero-order valence-electron chi connectivity index (χ0n) is 9.17. The lowest BCUT2D eigenvalue weighted by Crippen LogP contribution is -2.27. The zero-order valence-corrected chi connectivity index (χ0v) is 10.8. The van der Waals surface area contributed by atoms with Gasteiger partial charge in [0.2, 0.25) is 0 Å². The Labute approximate surface area is 107 Å². The van der Waals surface area contributed by atoms with Gasteiger partial charge < -0.3 is 16.4 Å². The fraction of sp³-hybridized carbons (Fsp3) is 0.400. The van der Waals surface area contributed by atoms with E-state index in [1.807, 2.05) is 6.07 Å². The summed E-state index contributed by atoms with van der Waals surface area (Å²) in [6, 6.07) is 2.06. The Kier molecular flexibility index (Phi) is 2.44. The maximum absolute atomic E-state index is 5.95. The van der Waals surface area contributed by atoms with Crippen LogP contribution in [-0.2, 0) is 0 Å². The number of hydrogen-bond donors (Lipinski definition) is 2. The topological polar surface area (TPSA) is 85.5 Å². The van der Waals surface area contributed by atoms with Gasteiger partial charge in [0.1, 0.15) is 11.6 Å². The molecule has 0 amide bonds. The van der Waals surface area contributed by atoms with Crippen LogP contribution in [-0.4, -0.2) is 33.7 Å². The Morgan fingerprint density at radius 1 is 1.47 bits per heavy atom. The van der Waals surface area contributed by atoms with Gasteiger partial charge in [-0.3, -0.25) is 0 Å². The monoisotopic (exact) mass is 296 g/mol. The van der Waals surface area contributed by atoms with Crippen LogP contribution in [0.1, 0.15) is 6.42 Å². The predicted molar refractivity (Wildman–Crippen MR) is 69.9 cm³/mol. The fourth-order valence-corrected chi connectivity index (χ4v) is 2.45. The summed E-state index contributed by atoms with van der Waals surface area (Å²) < 4.78 is 2.46. The van der Waals surface area contributed by atoms with Crippen LogP contribution in [0.4, 0.5) is 11.6 Å². The number of fused-ring (bicyclic) bond motifs is 1. The van der Waals surface area contributed by atoms with Gasteiger partial charge in [0, 0.05) is 25.2 Å². The Bertz CT molecular complexity index is 565. The number of anilines is 2. The Morgan fingerprint density at radius 3 is 3.00 bits per heavy atom. The molecule has 2 aromatic heterocycles. The number of rotatable bonds is 1. The standard InChI is InChI=1S/C10H13BrN6/c11-7-4-14-17-8(13)3-9(15-10(7)17)16-2-1-6(12)5-16/h3-4,6H,1-2,5,12-13H2. The Hall–Kier alpha value is -1.34. The van der Waals surface area contributed by atoms with E-state index in [1.54, 1.807) is 10.7 Å². The van der Waals surface area contributed by atoms with Crippen LogP contribution in [0, 0.1) is 0 Å². The first kappa shape index (κ1) is 10.8. The van der Waals surface area contributed by atoms with Gasteiger partial charge in [-0.1, -0.05) is 0 Å². The summed E-state index contributed by atoms with van der Waals surface area (Å²) in [5.41, 5.74) is 12.6. The third-order valence-electron chi connectivity index (χ3n) is 2.99. The van der Waals surface area contributed by atoms with Crippen LogP contribution in [0.5, 0.6) is 0 Å². The molecule has 7 heteroatoms. The average Bonchev–Trinajstić information content (AvgIpc) is 2.87. The lowest BCUT2D eigenvalue weighted by molar-refractivity contribution is 0.751. The van der Waals surface area contributed by atoms with Crippen molar-refractivity contribution in [3.8, 4) is 0 Å². The number of hydrogen-bond acceptors (Lipinski definition) is 5. The molecule has 3 heterocycles. The molecule has 1 atom stereocenters. The summed E-state index contributed by atoms with van der Waals surface area (Å²) in [6.45, 7) is 1.75. The summed E-state index contributed by atoms with van der Waals surface area (Å²) in [4.78, 5) is 6.71. The van der Waals surface area contributed by atoms with Gasteiger partial charge in [-0.15, -0.1) is 0 Å². The molecule has 1 saturated heterocycles. The molecule has 1 aliphatic heterocycles. The summed E-state index contributed by atoms with van der Waals surface area (Å²) in [6.07, 6.45) is 2.69. The first-order valence-electron chi connectivity index (χ1n) is 5.45. The predicted octanol–water partition coefficient (Wildman–Crippen LogP) is 0.611. The highest BCUT2D eigenvalue weighted by molar-refractivity contribution is 9.10. The normalized spacial score (nSPS) is 20.4. The van der Waals surface area contributed by atoms with E-state index in [9.17, 15) is 0 Å². The van der Waals surface area contributed by atoms with Gasteiger partial charge in [-0.05, 0) is 22.4 Å². The first-order chi connectivity index (χ1) is 8.15. The van der Waals surface area contributed by atoms with Crippen molar-refractivity contribution in [1.82, 2.24) is 14.6 Å². The quantitative estimate of drug-likeness (QED) is 0.805. The maximum Gasteiger partial charge on any atom is 0.173 e. The van der Waals surface area contributed by atoms with E-state index in [-0.39, 0.29) is 6.04 Å². The summed E-state index contributed by atoms with van der Waals surface area (Å²) in [5, 5.41) is 4.14. The second-order valence-corrected chi connectivity index (χ2v) is 5.12. The molecule has 0 aliphatic carbocycles. The molecule has 1 fully saturated rings. The molecule has 3 rings (SSSR count). The molecule has 2 aromatic rings. The van der Waals surface area contributed by atoms with E-state index in [0.29, 0.717) is 5.82 Å². The minimum Gasteiger partial charge on any atom is -0.383 e. The van der Waals surface area contributed by atoms with Crippen molar-refractivity contribution < 1.29 is 0 Å². The van der Waals surface area contributed by atoms with Crippen LogP contribution in [0.25, 0.3) is 5.65 Å². The minimum absolute atomic E-state index is 0.225. The SMILES string of the molecule is Nc1cc(N2CCC(N)C2)nc2c(Br)cnn12. The Balaban J connectivity index is 2.08. The molecular weight excluding hydrogens is 284 g/mol. The number of nitrogens with two attached hydrogens (primary N) is 2. The molecule has 0 saturated carbocycles. The molecule has 1 unspecified atom stereocenters. The molecule has 4 N–H and O–H groups in total. The lowest BCUT2D eigenvalue weighted by atomic mass is 10.3. The lowest BCUT2D eigenvalue weighted by Gasteiger charge is -2.17. The average molecular weight is 297 g/mol. The molecule has 6 nitrogen and oxygen atoms in total. The maximum atomic E-state index is 5.95. The van der Waals surface area contributed by atoms with Crippen LogP contribution in [0.15, 0.2) is 16.7 Å². The van der Waals surface area contributed by atoms with Crippen molar-refractivity contribution in [1.29, 1.82) is 0 Å². The van der Waals surface area contributed by atoms with Crippen molar-refractivity contribution >= 4 is 33.2 Å². The van der Waals surface area contributed by atoms with E-state index < -0.39 is 0 Å². The van der Waals surface area contributed by atoms with Gasteiger partial charge >= 0.3 is 0 Å². The number of halogens is 1. The number of nitrogens with zero attached hydrogens (tertiary/aromatic N) is 4. The first-order valence-corrected chi connectivity index (χ1v) is 6.25. The summed E-state index contributed by atoms with van der Waals surface area (Å²) in [7, 11) is 0. The van der Waals surface area contributed by atoms with Gasteiger partial charge in [0.15, 0.2) is 5.65 Å². The molecule has 0 bridgehead atoms. The van der Waals surface area contributed by atoms with E-state index in [1.165, 1.54) is 0 Å². The van der Waals surface area contributed by atoms with E-state index >= 15 is 0 Å². The van der Waals surface area contributed by atoms with Crippen molar-refractivity contribution in [2.45, 2.75) is 12.5 Å². The van der Waals surface area contributed by atoms with Gasteiger partial charge in [-0.25, -0.2) is 4.98 Å². The van der Waals surface area contributed by atoms with Crippen molar-refractivity contribution in [3.63, 3.8) is 0 Å². The molecule has 0 radical (unpaired) electrons. The molecular formula is C10H13BrN6. The molecule has 17 heavy (non-hydrogen) atoms. The second-order valence-electron chi connectivity index (χ2n) is 4.26. The third-order valence-corrected chi connectivity index (χ3v) is 3.55. The van der Waals surface area contributed by atoms with E-state index in [4.69, 9.17) is 11.5 Å².